The van der Waals surface area contributed by atoms with Gasteiger partial charge in [0.25, 0.3) is 0 Å². The fourth-order valence-electron chi connectivity index (χ4n) is 2.14. The minimum absolute atomic E-state index is 0.169. The van der Waals surface area contributed by atoms with Crippen LogP contribution in [-0.4, -0.2) is 54.4 Å². The lowest BCUT2D eigenvalue weighted by Crippen LogP contribution is -2.46. The van der Waals surface area contributed by atoms with Crippen LogP contribution in [0.1, 0.15) is 12.8 Å². The zero-order valence-corrected chi connectivity index (χ0v) is 10.6. The third-order valence-electron chi connectivity index (χ3n) is 3.22. The second-order valence-corrected chi connectivity index (χ2v) is 4.69. The number of hydrogen-bond donors (Lipinski definition) is 2. The molecule has 0 aromatic heterocycles. The number of halogens is 3. The van der Waals surface area contributed by atoms with E-state index in [1.165, 1.54) is 0 Å². The van der Waals surface area contributed by atoms with Gasteiger partial charge in [0, 0.05) is 6.54 Å². The van der Waals surface area contributed by atoms with Gasteiger partial charge in [0.15, 0.2) is 6.10 Å². The van der Waals surface area contributed by atoms with Crippen LogP contribution >= 0.6 is 0 Å². The standard InChI is InChI=1S/C12H19F3N2O2/c1-2-5-16-10(18)8-17-6-3-9(4-7-17)11(19)12(13,14)15/h2,9,11,19H,1,3-8H2,(H,16,18). The molecule has 1 atom stereocenters. The van der Waals surface area contributed by atoms with Crippen LogP contribution in [0.5, 0.6) is 0 Å². The second kappa shape index (κ2) is 6.91. The van der Waals surface area contributed by atoms with E-state index < -0.39 is 18.2 Å². The van der Waals surface area contributed by atoms with Crippen molar-refractivity contribution in [1.29, 1.82) is 0 Å². The maximum Gasteiger partial charge on any atom is 0.414 e. The third kappa shape index (κ3) is 5.20. The van der Waals surface area contributed by atoms with Crippen LogP contribution in [-0.2, 0) is 4.79 Å². The predicted octanol–water partition coefficient (Wildman–Crippen LogP) is 0.924. The van der Waals surface area contributed by atoms with Crippen molar-refractivity contribution in [2.75, 3.05) is 26.2 Å². The predicted molar refractivity (Wildman–Crippen MR) is 64.4 cm³/mol. The smallest absolute Gasteiger partial charge is 0.383 e. The minimum atomic E-state index is -4.56. The molecule has 4 nitrogen and oxygen atoms in total. The lowest BCUT2D eigenvalue weighted by molar-refractivity contribution is -0.223. The van der Waals surface area contributed by atoms with E-state index in [1.807, 2.05) is 0 Å². The van der Waals surface area contributed by atoms with E-state index >= 15 is 0 Å². The number of nitrogens with zero attached hydrogens (tertiary/aromatic N) is 1. The Morgan fingerprint density at radius 2 is 2.05 bits per heavy atom. The number of piperidine rings is 1. The Morgan fingerprint density at radius 3 is 2.53 bits per heavy atom. The van der Waals surface area contributed by atoms with Gasteiger partial charge in [0.1, 0.15) is 0 Å². The molecule has 1 aliphatic rings. The van der Waals surface area contributed by atoms with Crippen molar-refractivity contribution in [3.63, 3.8) is 0 Å². The molecule has 1 saturated heterocycles. The van der Waals surface area contributed by atoms with E-state index in [1.54, 1.807) is 11.0 Å². The number of nitrogens with one attached hydrogen (secondary N) is 1. The molecule has 7 heteroatoms. The van der Waals surface area contributed by atoms with Crippen LogP contribution in [0, 0.1) is 5.92 Å². The summed E-state index contributed by atoms with van der Waals surface area (Å²) >= 11 is 0. The van der Waals surface area contributed by atoms with Gasteiger partial charge in [0.2, 0.25) is 5.91 Å². The first-order valence-corrected chi connectivity index (χ1v) is 6.19. The summed E-state index contributed by atoms with van der Waals surface area (Å²) < 4.78 is 37.0. The molecule has 19 heavy (non-hydrogen) atoms. The SMILES string of the molecule is C=CCNC(=O)CN1CCC(C(O)C(F)(F)F)CC1. The molecule has 0 saturated carbocycles. The van der Waals surface area contributed by atoms with E-state index in [2.05, 4.69) is 11.9 Å². The molecule has 2 N–H and O–H groups in total. The summed E-state index contributed by atoms with van der Waals surface area (Å²) in [5.41, 5.74) is 0. The fourth-order valence-corrected chi connectivity index (χ4v) is 2.14. The summed E-state index contributed by atoms with van der Waals surface area (Å²) in [6, 6.07) is 0. The molecule has 1 rings (SSSR count). The highest BCUT2D eigenvalue weighted by atomic mass is 19.4. The Balaban J connectivity index is 2.33. The molecule has 110 valence electrons. The second-order valence-electron chi connectivity index (χ2n) is 4.69. The highest BCUT2D eigenvalue weighted by Crippen LogP contribution is 2.31. The average molecular weight is 280 g/mol. The Kier molecular flexibility index (Phi) is 5.81. The van der Waals surface area contributed by atoms with Gasteiger partial charge in [-0.05, 0) is 31.8 Å². The van der Waals surface area contributed by atoms with Crippen molar-refractivity contribution in [2.45, 2.75) is 25.1 Å². The molecule has 0 radical (unpaired) electrons. The maximum atomic E-state index is 12.3. The Labute approximate surface area is 110 Å². The van der Waals surface area contributed by atoms with Crippen LogP contribution in [0.25, 0.3) is 0 Å². The van der Waals surface area contributed by atoms with Gasteiger partial charge in [-0.2, -0.15) is 13.2 Å². The van der Waals surface area contributed by atoms with Gasteiger partial charge in [-0.3, -0.25) is 9.69 Å². The van der Waals surface area contributed by atoms with E-state index in [4.69, 9.17) is 5.11 Å². The highest BCUT2D eigenvalue weighted by molar-refractivity contribution is 5.78. The molecule has 1 amide bonds. The van der Waals surface area contributed by atoms with Gasteiger partial charge >= 0.3 is 6.18 Å². The van der Waals surface area contributed by atoms with E-state index in [0.29, 0.717) is 19.6 Å². The number of aliphatic hydroxyl groups is 1. The maximum absolute atomic E-state index is 12.3. The summed E-state index contributed by atoms with van der Waals surface area (Å²) in [4.78, 5) is 13.2. The molecular weight excluding hydrogens is 261 g/mol. The number of amides is 1. The fraction of sp³-hybridized carbons (Fsp3) is 0.750. The van der Waals surface area contributed by atoms with E-state index in [9.17, 15) is 18.0 Å². The Bertz CT molecular complexity index is 313. The number of rotatable bonds is 5. The van der Waals surface area contributed by atoms with Gasteiger partial charge in [-0.1, -0.05) is 6.08 Å². The first-order chi connectivity index (χ1) is 8.84. The van der Waals surface area contributed by atoms with Crippen LogP contribution in [0.4, 0.5) is 13.2 Å². The van der Waals surface area contributed by atoms with Crippen LogP contribution < -0.4 is 5.32 Å². The van der Waals surface area contributed by atoms with Crippen molar-refractivity contribution in [3.05, 3.63) is 12.7 Å². The molecule has 1 unspecified atom stereocenters. The minimum Gasteiger partial charge on any atom is -0.383 e. The topological polar surface area (TPSA) is 52.6 Å². The summed E-state index contributed by atoms with van der Waals surface area (Å²) in [5, 5.41) is 11.8. The zero-order chi connectivity index (χ0) is 14.5. The van der Waals surface area contributed by atoms with Crippen molar-refractivity contribution < 1.29 is 23.1 Å². The molecule has 1 fully saturated rings. The number of likely N-dealkylation sites (tertiary alicyclic amines) is 1. The molecule has 0 aromatic carbocycles. The molecular formula is C12H19F3N2O2. The van der Waals surface area contributed by atoms with E-state index in [-0.39, 0.29) is 25.3 Å². The number of hydrogen-bond acceptors (Lipinski definition) is 3. The number of aliphatic hydroxyl groups excluding tert-OH is 1. The van der Waals surface area contributed by atoms with Crippen molar-refractivity contribution in [3.8, 4) is 0 Å². The first kappa shape index (κ1) is 16.0. The van der Waals surface area contributed by atoms with Crippen molar-refractivity contribution in [1.82, 2.24) is 10.2 Å². The molecule has 0 aromatic rings. The first-order valence-electron chi connectivity index (χ1n) is 6.19. The van der Waals surface area contributed by atoms with Crippen LogP contribution in [0.15, 0.2) is 12.7 Å². The van der Waals surface area contributed by atoms with Crippen LogP contribution in [0.3, 0.4) is 0 Å². The highest BCUT2D eigenvalue weighted by Gasteiger charge is 2.44. The zero-order valence-electron chi connectivity index (χ0n) is 10.6. The van der Waals surface area contributed by atoms with Gasteiger partial charge in [-0.25, -0.2) is 0 Å². The molecule has 1 heterocycles. The Hall–Kier alpha value is -1.08. The third-order valence-corrected chi connectivity index (χ3v) is 3.22. The number of carbonyl (C=O) groups excluding carboxylic acids is 1. The lowest BCUT2D eigenvalue weighted by Gasteiger charge is -2.34. The largest absolute Gasteiger partial charge is 0.414 e. The molecule has 0 bridgehead atoms. The van der Waals surface area contributed by atoms with Crippen molar-refractivity contribution in [2.24, 2.45) is 5.92 Å². The number of alkyl halides is 3. The van der Waals surface area contributed by atoms with Crippen LogP contribution in [0.2, 0.25) is 0 Å². The monoisotopic (exact) mass is 280 g/mol. The van der Waals surface area contributed by atoms with Crippen molar-refractivity contribution >= 4 is 5.91 Å². The lowest BCUT2D eigenvalue weighted by atomic mass is 9.91. The summed E-state index contributed by atoms with van der Waals surface area (Å²) in [6.45, 7) is 4.79. The van der Waals surface area contributed by atoms with Gasteiger partial charge < -0.3 is 10.4 Å². The summed E-state index contributed by atoms with van der Waals surface area (Å²) in [5.74, 6) is -0.942. The normalized spacial score (nSPS) is 20.0. The quantitative estimate of drug-likeness (QED) is 0.736. The summed E-state index contributed by atoms with van der Waals surface area (Å²) in [6.07, 6.45) is -4.77. The summed E-state index contributed by atoms with van der Waals surface area (Å²) in [7, 11) is 0. The molecule has 0 spiro atoms. The van der Waals surface area contributed by atoms with Gasteiger partial charge in [0.05, 0.1) is 6.54 Å². The number of carbonyl (C=O) groups is 1. The van der Waals surface area contributed by atoms with Gasteiger partial charge in [-0.15, -0.1) is 6.58 Å². The Morgan fingerprint density at radius 1 is 1.47 bits per heavy atom. The molecule has 1 aliphatic heterocycles. The molecule has 0 aliphatic carbocycles. The van der Waals surface area contributed by atoms with E-state index in [0.717, 1.165) is 0 Å². The average Bonchev–Trinajstić information content (AvgIpc) is 2.35.